The molecule has 0 unspecified atom stereocenters. The van der Waals surface area contributed by atoms with Crippen molar-refractivity contribution >= 4 is 78.0 Å². The van der Waals surface area contributed by atoms with Gasteiger partial charge in [-0.25, -0.2) is 0 Å². The molecule has 2 aliphatic carbocycles. The fourth-order valence-corrected chi connectivity index (χ4v) is 9.30. The fraction of sp³-hybridized carbons (Fsp3) is 0.388. The number of allylic oxidation sites excluding steroid dienone is 2. The number of hydrogen-bond donors (Lipinski definition) is 4. The first-order valence-corrected chi connectivity index (χ1v) is 24.7. The van der Waals surface area contributed by atoms with Crippen molar-refractivity contribution in [2.45, 2.75) is 91.6 Å². The van der Waals surface area contributed by atoms with E-state index in [1.54, 1.807) is 54.8 Å². The molecule has 67 heavy (non-hydrogen) atoms. The number of nitrogens with one attached hydrogen (secondary N) is 1. The highest BCUT2D eigenvalue weighted by atomic mass is 32.1. The van der Waals surface area contributed by atoms with Gasteiger partial charge in [0.05, 0.1) is 11.0 Å². The molecule has 0 amide bonds. The molecule has 6 heterocycles. The van der Waals surface area contributed by atoms with E-state index in [0.29, 0.717) is 19.4 Å². The normalized spacial score (nSPS) is 14.7. The second-order valence-electron chi connectivity index (χ2n) is 16.5. The molecular formula is C49H62N16S2. The molecule has 8 aromatic rings. The van der Waals surface area contributed by atoms with E-state index in [2.05, 4.69) is 88.0 Å². The lowest BCUT2D eigenvalue weighted by Gasteiger charge is -2.15. The summed E-state index contributed by atoms with van der Waals surface area (Å²) in [6, 6.07) is 16.5. The number of benzene rings is 2. The summed E-state index contributed by atoms with van der Waals surface area (Å²) in [6.07, 6.45) is 21.5. The summed E-state index contributed by atoms with van der Waals surface area (Å²) in [5.41, 5.74) is 24.7. The zero-order chi connectivity index (χ0) is 47.1. The number of aromatic nitrogens is 10. The van der Waals surface area contributed by atoms with Crippen LogP contribution in [-0.4, -0.2) is 82.7 Å². The maximum atomic E-state index is 5.75. The number of nitrogens with zero attached hydrogens (tertiary/aromatic N) is 12. The van der Waals surface area contributed by atoms with Crippen molar-refractivity contribution in [2.75, 3.05) is 20.6 Å². The van der Waals surface area contributed by atoms with Crippen LogP contribution in [0.1, 0.15) is 110 Å². The number of pyridine rings is 2. The molecule has 10 rings (SSSR count). The SMILES string of the molecule is CC.CC1CCCCC1.CN=C/C(=C\N)c1cnc2ccc(Cc3nnc4sc(CN)nn34)cc2c1.CN=C/C(=C\N)c1cnc2ccc(Cc3nnc4sc(CNCC5CC5)nn34)cc2c1. The minimum absolute atomic E-state index is 0.399. The fourth-order valence-electron chi connectivity index (χ4n) is 7.75. The van der Waals surface area contributed by atoms with Crippen LogP contribution in [0.15, 0.2) is 83.3 Å². The van der Waals surface area contributed by atoms with Crippen LogP contribution in [0.25, 0.3) is 42.9 Å². The van der Waals surface area contributed by atoms with E-state index in [0.717, 1.165) is 112 Å². The van der Waals surface area contributed by atoms with Gasteiger partial charge in [-0.2, -0.15) is 19.2 Å². The third-order valence-electron chi connectivity index (χ3n) is 11.4. The standard InChI is InChI=1S/C22H24N8S.C18H18N8S.C7H14.C2H6/c1-24-11-18(9-23)17-8-16-6-15(4-5-19(16)26-12-17)7-20-27-28-22-30(20)29-21(31-22)13-25-10-14-2-3-14;1-21-9-14(7-19)13-6-12-4-11(2-3-15(12)22-10-13)5-16-23-24-18-26(16)25-17(8-20)27-18;1-7-5-3-2-4-6-7;1-2/h4-6,8-9,11-12,14,25H,2-3,7,10,13,23H2,1H3;2-4,6-7,9-10H,5,8,19-20H2,1H3;7H,2-6H2,1H3;1-2H3/b18-9+,24-11?;14-7+,21-9?;;. The van der Waals surface area contributed by atoms with Gasteiger partial charge in [-0.15, -0.1) is 20.4 Å². The van der Waals surface area contributed by atoms with E-state index in [4.69, 9.17) is 22.3 Å². The minimum Gasteiger partial charge on any atom is -0.404 e. The van der Waals surface area contributed by atoms with Crippen LogP contribution < -0.4 is 22.5 Å². The van der Waals surface area contributed by atoms with Crippen LogP contribution in [0.2, 0.25) is 0 Å². The van der Waals surface area contributed by atoms with Crippen molar-refractivity contribution in [3.8, 4) is 0 Å². The lowest BCUT2D eigenvalue weighted by Crippen LogP contribution is -2.16. The number of fused-ring (bicyclic) bond motifs is 4. The summed E-state index contributed by atoms with van der Waals surface area (Å²) in [7, 11) is 3.44. The minimum atomic E-state index is 0.399. The van der Waals surface area contributed by atoms with Gasteiger partial charge in [-0.3, -0.25) is 20.0 Å². The zero-order valence-electron chi connectivity index (χ0n) is 39.1. The third-order valence-corrected chi connectivity index (χ3v) is 13.3. The Morgan fingerprint density at radius 2 is 1.21 bits per heavy atom. The van der Waals surface area contributed by atoms with Gasteiger partial charge in [0.1, 0.15) is 10.0 Å². The Hall–Kier alpha value is -6.34. The first kappa shape index (κ1) is 48.6. The summed E-state index contributed by atoms with van der Waals surface area (Å²) in [5.74, 6) is 3.51. The second kappa shape index (κ2) is 23.9. The molecule has 16 nitrogen and oxygen atoms in total. The molecule has 7 N–H and O–H groups in total. The lowest BCUT2D eigenvalue weighted by atomic mass is 9.91. The molecule has 2 saturated carbocycles. The topological polar surface area (TPSA) is 227 Å². The predicted molar refractivity (Wildman–Crippen MR) is 275 cm³/mol. The Morgan fingerprint density at radius 3 is 1.66 bits per heavy atom. The number of rotatable bonds is 13. The van der Waals surface area contributed by atoms with Crippen molar-refractivity contribution in [2.24, 2.45) is 39.0 Å². The average molecular weight is 939 g/mol. The summed E-state index contributed by atoms with van der Waals surface area (Å²) in [4.78, 5) is 18.8. The van der Waals surface area contributed by atoms with Crippen molar-refractivity contribution in [3.05, 3.63) is 117 Å². The Balaban J connectivity index is 0.000000169. The van der Waals surface area contributed by atoms with Gasteiger partial charge in [0.2, 0.25) is 9.92 Å². The van der Waals surface area contributed by atoms with Crippen LogP contribution >= 0.6 is 22.7 Å². The first-order chi connectivity index (χ1) is 32.8. The van der Waals surface area contributed by atoms with Crippen LogP contribution in [0.4, 0.5) is 0 Å². The van der Waals surface area contributed by atoms with Gasteiger partial charge in [-0.05, 0) is 78.7 Å². The molecule has 0 spiro atoms. The van der Waals surface area contributed by atoms with Gasteiger partial charge in [-0.1, -0.05) is 87.7 Å². The summed E-state index contributed by atoms with van der Waals surface area (Å²) >= 11 is 3.05. The Labute approximate surface area is 399 Å². The van der Waals surface area contributed by atoms with Crippen molar-refractivity contribution in [1.82, 2.24) is 54.9 Å². The predicted octanol–water partition coefficient (Wildman–Crippen LogP) is 8.22. The van der Waals surface area contributed by atoms with Crippen LogP contribution in [0.3, 0.4) is 0 Å². The summed E-state index contributed by atoms with van der Waals surface area (Å²) < 4.78 is 3.63. The molecule has 0 aliphatic heterocycles. The summed E-state index contributed by atoms with van der Waals surface area (Å²) in [5, 5.41) is 33.7. The van der Waals surface area contributed by atoms with E-state index in [1.807, 2.05) is 42.8 Å². The Morgan fingerprint density at radius 1 is 0.701 bits per heavy atom. The molecule has 2 aromatic carbocycles. The number of aliphatic imine (C=N–C) groups is 2. The lowest BCUT2D eigenvalue weighted by molar-refractivity contribution is 0.385. The monoisotopic (exact) mass is 938 g/mol. The molecule has 0 atom stereocenters. The quantitative estimate of drug-likeness (QED) is 0.0802. The van der Waals surface area contributed by atoms with Gasteiger partial charge in [0, 0.05) is 110 Å². The van der Waals surface area contributed by atoms with Crippen molar-refractivity contribution < 1.29 is 0 Å². The smallest absolute Gasteiger partial charge is 0.234 e. The molecular weight excluding hydrogens is 877 g/mol. The van der Waals surface area contributed by atoms with Crippen LogP contribution in [-0.2, 0) is 25.9 Å². The van der Waals surface area contributed by atoms with E-state index in [-0.39, 0.29) is 0 Å². The van der Waals surface area contributed by atoms with Gasteiger partial charge >= 0.3 is 0 Å². The maximum Gasteiger partial charge on any atom is 0.234 e. The van der Waals surface area contributed by atoms with Crippen molar-refractivity contribution in [3.63, 3.8) is 0 Å². The molecule has 0 saturated heterocycles. The molecule has 0 bridgehead atoms. The molecule has 0 radical (unpaired) electrons. The Bertz CT molecular complexity index is 2980. The van der Waals surface area contributed by atoms with E-state index in [9.17, 15) is 0 Å². The van der Waals surface area contributed by atoms with Crippen LogP contribution in [0.5, 0.6) is 0 Å². The van der Waals surface area contributed by atoms with Crippen LogP contribution in [0, 0.1) is 11.8 Å². The molecule has 18 heteroatoms. The number of hydrogen-bond acceptors (Lipinski definition) is 16. The van der Waals surface area contributed by atoms with E-state index >= 15 is 0 Å². The molecule has 350 valence electrons. The number of nitrogens with two attached hydrogens (primary N) is 3. The van der Waals surface area contributed by atoms with Gasteiger partial charge < -0.3 is 22.5 Å². The largest absolute Gasteiger partial charge is 0.404 e. The van der Waals surface area contributed by atoms with Gasteiger partial charge in [0.15, 0.2) is 11.6 Å². The highest BCUT2D eigenvalue weighted by molar-refractivity contribution is 7.16. The van der Waals surface area contributed by atoms with Crippen molar-refractivity contribution in [1.29, 1.82) is 0 Å². The average Bonchev–Trinajstić information content (AvgIpc) is 3.59. The maximum absolute atomic E-state index is 5.75. The summed E-state index contributed by atoms with van der Waals surface area (Å²) in [6.45, 7) is 8.62. The Kier molecular flexibility index (Phi) is 17.3. The molecule has 2 fully saturated rings. The molecule has 2 aliphatic rings. The highest BCUT2D eigenvalue weighted by Crippen LogP contribution is 2.28. The first-order valence-electron chi connectivity index (χ1n) is 23.1. The van der Waals surface area contributed by atoms with Gasteiger partial charge in [0.25, 0.3) is 0 Å². The second-order valence-corrected chi connectivity index (χ2v) is 18.6. The molecule has 6 aromatic heterocycles. The van der Waals surface area contributed by atoms with E-state index < -0.39 is 0 Å². The van der Waals surface area contributed by atoms with E-state index in [1.165, 1.54) is 62.5 Å². The third kappa shape index (κ3) is 12.8. The zero-order valence-corrected chi connectivity index (χ0v) is 40.8. The highest BCUT2D eigenvalue weighted by Gasteiger charge is 2.21.